The largest absolute Gasteiger partial charge is 0.416 e. The third kappa shape index (κ3) is 3.04. The van der Waals surface area contributed by atoms with E-state index in [1.165, 1.54) is 0 Å². The first-order valence-electron chi connectivity index (χ1n) is 4.20. The van der Waals surface area contributed by atoms with Gasteiger partial charge in [0.1, 0.15) is 12.5 Å². The molecule has 0 saturated heterocycles. The van der Waals surface area contributed by atoms with Gasteiger partial charge in [-0.1, -0.05) is 12.1 Å². The molecule has 0 amide bonds. The quantitative estimate of drug-likeness (QED) is 0.564. The minimum atomic E-state index is -4.42. The van der Waals surface area contributed by atoms with Crippen LogP contribution in [0.15, 0.2) is 24.3 Å². The van der Waals surface area contributed by atoms with Crippen molar-refractivity contribution >= 4 is 6.29 Å². The van der Waals surface area contributed by atoms with Crippen LogP contribution >= 0.6 is 0 Å². The molecular weight excluding hydrogens is 212 g/mol. The van der Waals surface area contributed by atoms with Gasteiger partial charge in [-0.15, -0.1) is 0 Å². The highest BCUT2D eigenvalue weighted by atomic mass is 19.4. The molecule has 0 N–H and O–H groups in total. The fraction of sp³-hybridized carbons (Fsp3) is 0.300. The highest BCUT2D eigenvalue weighted by Crippen LogP contribution is 2.30. The van der Waals surface area contributed by atoms with E-state index in [9.17, 15) is 22.4 Å². The summed E-state index contributed by atoms with van der Waals surface area (Å²) in [5.41, 5.74) is -0.750. The van der Waals surface area contributed by atoms with E-state index >= 15 is 0 Å². The average molecular weight is 220 g/mol. The summed E-state index contributed by atoms with van der Waals surface area (Å²) in [7, 11) is 0. The summed E-state index contributed by atoms with van der Waals surface area (Å²) in [6.07, 6.45) is -5.91. The SMILES string of the molecule is O=CC[C@@H](F)c1ccc(C(F)(F)F)cc1. The zero-order chi connectivity index (χ0) is 11.5. The number of halogens is 4. The van der Waals surface area contributed by atoms with Crippen molar-refractivity contribution in [2.75, 3.05) is 0 Å². The van der Waals surface area contributed by atoms with Crippen molar-refractivity contribution in [2.45, 2.75) is 18.8 Å². The molecule has 5 heteroatoms. The Labute approximate surface area is 83.7 Å². The summed E-state index contributed by atoms with van der Waals surface area (Å²) in [6, 6.07) is 3.67. The zero-order valence-electron chi connectivity index (χ0n) is 7.59. The van der Waals surface area contributed by atoms with Crippen LogP contribution in [0.4, 0.5) is 17.6 Å². The lowest BCUT2D eigenvalue weighted by molar-refractivity contribution is -0.137. The van der Waals surface area contributed by atoms with Gasteiger partial charge >= 0.3 is 6.18 Å². The van der Waals surface area contributed by atoms with Gasteiger partial charge in [0.05, 0.1) is 5.56 Å². The number of rotatable bonds is 3. The Morgan fingerprint density at radius 3 is 2.13 bits per heavy atom. The monoisotopic (exact) mass is 220 g/mol. The van der Waals surface area contributed by atoms with Gasteiger partial charge in [-0.25, -0.2) is 4.39 Å². The standard InChI is InChI=1S/C10H8F4O/c11-9(5-6-15)7-1-3-8(4-2-7)10(12,13)14/h1-4,6,9H,5H2/t9-/m1/s1. The normalized spacial score (nSPS) is 13.6. The van der Waals surface area contributed by atoms with Crippen LogP contribution in [0.3, 0.4) is 0 Å². The number of aldehydes is 1. The molecular formula is C10H8F4O. The summed E-state index contributed by atoms with van der Waals surface area (Å²) in [6.45, 7) is 0. The van der Waals surface area contributed by atoms with E-state index in [1.807, 2.05) is 0 Å². The van der Waals surface area contributed by atoms with Gasteiger partial charge in [0.2, 0.25) is 0 Å². The Hall–Kier alpha value is -1.39. The van der Waals surface area contributed by atoms with Gasteiger partial charge in [0, 0.05) is 6.42 Å². The minimum absolute atomic E-state index is 0.0788. The molecule has 0 aliphatic carbocycles. The molecule has 0 saturated carbocycles. The van der Waals surface area contributed by atoms with Gasteiger partial charge in [0.15, 0.2) is 0 Å². The maximum absolute atomic E-state index is 13.1. The average Bonchev–Trinajstić information content (AvgIpc) is 2.17. The van der Waals surface area contributed by atoms with Crippen molar-refractivity contribution in [3.8, 4) is 0 Å². The van der Waals surface area contributed by atoms with E-state index in [1.54, 1.807) is 0 Å². The van der Waals surface area contributed by atoms with Crippen molar-refractivity contribution in [3.05, 3.63) is 35.4 Å². The summed E-state index contributed by atoms with van der Waals surface area (Å²) < 4.78 is 49.4. The van der Waals surface area contributed by atoms with E-state index in [-0.39, 0.29) is 12.0 Å². The van der Waals surface area contributed by atoms with E-state index in [4.69, 9.17) is 0 Å². The first-order chi connectivity index (χ1) is 6.95. The predicted octanol–water partition coefficient (Wildman–Crippen LogP) is 3.31. The fourth-order valence-corrected chi connectivity index (χ4v) is 1.10. The number of carbonyl (C=O) groups excluding carboxylic acids is 1. The van der Waals surface area contributed by atoms with Gasteiger partial charge < -0.3 is 4.79 Å². The second-order valence-electron chi connectivity index (χ2n) is 2.99. The third-order valence-electron chi connectivity index (χ3n) is 1.90. The molecule has 0 radical (unpaired) electrons. The molecule has 1 atom stereocenters. The van der Waals surface area contributed by atoms with E-state index in [0.717, 1.165) is 24.3 Å². The van der Waals surface area contributed by atoms with Crippen LogP contribution in [0.5, 0.6) is 0 Å². The van der Waals surface area contributed by atoms with Gasteiger partial charge in [-0.05, 0) is 17.7 Å². The molecule has 0 spiro atoms. The molecule has 1 rings (SSSR count). The van der Waals surface area contributed by atoms with E-state index in [0.29, 0.717) is 6.29 Å². The number of hydrogen-bond acceptors (Lipinski definition) is 1. The van der Waals surface area contributed by atoms with Crippen molar-refractivity contribution < 1.29 is 22.4 Å². The summed E-state index contributed by atoms with van der Waals surface area (Å²) >= 11 is 0. The van der Waals surface area contributed by atoms with Crippen LogP contribution < -0.4 is 0 Å². The molecule has 0 unspecified atom stereocenters. The third-order valence-corrected chi connectivity index (χ3v) is 1.90. The second-order valence-corrected chi connectivity index (χ2v) is 2.99. The smallest absolute Gasteiger partial charge is 0.303 e. The van der Waals surface area contributed by atoms with Gasteiger partial charge in [-0.3, -0.25) is 0 Å². The maximum Gasteiger partial charge on any atom is 0.416 e. The van der Waals surface area contributed by atoms with Crippen molar-refractivity contribution in [2.24, 2.45) is 0 Å². The highest BCUT2D eigenvalue weighted by molar-refractivity contribution is 5.51. The van der Waals surface area contributed by atoms with Crippen LogP contribution in [-0.2, 0) is 11.0 Å². The first kappa shape index (κ1) is 11.7. The van der Waals surface area contributed by atoms with E-state index < -0.39 is 17.9 Å². The molecule has 15 heavy (non-hydrogen) atoms. The van der Waals surface area contributed by atoms with Crippen molar-refractivity contribution in [1.82, 2.24) is 0 Å². The number of alkyl halides is 4. The van der Waals surface area contributed by atoms with Crippen LogP contribution in [0.1, 0.15) is 23.7 Å². The lowest BCUT2D eigenvalue weighted by Crippen LogP contribution is -2.04. The highest BCUT2D eigenvalue weighted by Gasteiger charge is 2.30. The molecule has 82 valence electrons. The second kappa shape index (κ2) is 4.42. The summed E-state index contributed by atoms with van der Waals surface area (Å²) in [5.74, 6) is 0. The molecule has 0 fully saturated rings. The Morgan fingerprint density at radius 2 is 1.73 bits per heavy atom. The van der Waals surface area contributed by atoms with Gasteiger partial charge in [-0.2, -0.15) is 13.2 Å². The van der Waals surface area contributed by atoms with E-state index in [2.05, 4.69) is 0 Å². The van der Waals surface area contributed by atoms with Gasteiger partial charge in [0.25, 0.3) is 0 Å². The summed E-state index contributed by atoms with van der Waals surface area (Å²) in [4.78, 5) is 9.99. The summed E-state index contributed by atoms with van der Waals surface area (Å²) in [5, 5.41) is 0. The maximum atomic E-state index is 13.1. The number of hydrogen-bond donors (Lipinski definition) is 0. The fourth-order valence-electron chi connectivity index (χ4n) is 1.10. The Morgan fingerprint density at radius 1 is 1.20 bits per heavy atom. The Balaban J connectivity index is 2.85. The zero-order valence-corrected chi connectivity index (χ0v) is 7.59. The molecule has 0 aliphatic heterocycles. The lowest BCUT2D eigenvalue weighted by Gasteiger charge is -2.08. The first-order valence-corrected chi connectivity index (χ1v) is 4.20. The molecule has 0 bridgehead atoms. The topological polar surface area (TPSA) is 17.1 Å². The molecule has 1 nitrogen and oxygen atoms in total. The lowest BCUT2D eigenvalue weighted by atomic mass is 10.1. The van der Waals surface area contributed by atoms with Crippen LogP contribution in [0, 0.1) is 0 Å². The minimum Gasteiger partial charge on any atom is -0.303 e. The van der Waals surface area contributed by atoms with Crippen LogP contribution in [0.2, 0.25) is 0 Å². The molecule has 1 aromatic rings. The molecule has 1 aromatic carbocycles. The molecule has 0 aromatic heterocycles. The predicted molar refractivity (Wildman–Crippen MR) is 46.0 cm³/mol. The molecule has 0 heterocycles. The van der Waals surface area contributed by atoms with Crippen molar-refractivity contribution in [1.29, 1.82) is 0 Å². The van der Waals surface area contributed by atoms with Crippen LogP contribution in [0.25, 0.3) is 0 Å². The number of carbonyl (C=O) groups is 1. The van der Waals surface area contributed by atoms with Crippen LogP contribution in [-0.4, -0.2) is 6.29 Å². The van der Waals surface area contributed by atoms with Crippen molar-refractivity contribution in [3.63, 3.8) is 0 Å². The molecule has 0 aliphatic rings. The Bertz CT molecular complexity index is 328. The Kier molecular flexibility index (Phi) is 3.44. The number of benzene rings is 1.